The molecule has 0 aromatic carbocycles. The quantitative estimate of drug-likeness (QED) is 0.646. The van der Waals surface area contributed by atoms with Gasteiger partial charge in [-0.15, -0.1) is 0 Å². The van der Waals surface area contributed by atoms with Crippen LogP contribution in [0.3, 0.4) is 0 Å². The highest BCUT2D eigenvalue weighted by Crippen LogP contribution is 2.03. The van der Waals surface area contributed by atoms with Crippen molar-refractivity contribution in [1.82, 2.24) is 4.90 Å². The maximum absolute atomic E-state index is 5.64. The lowest BCUT2D eigenvalue weighted by Gasteiger charge is -2.29. The molecular weight excluding hydrogens is 164 g/mol. The van der Waals surface area contributed by atoms with Gasteiger partial charge in [0, 0.05) is 32.8 Å². The highest BCUT2D eigenvalue weighted by Gasteiger charge is 2.12. The summed E-state index contributed by atoms with van der Waals surface area (Å²) < 4.78 is 5.07. The first kappa shape index (κ1) is 12.9. The molecule has 0 fully saturated rings. The zero-order chi connectivity index (χ0) is 10.3. The second-order valence-electron chi connectivity index (χ2n) is 3.97. The largest absolute Gasteiger partial charge is 0.383 e. The predicted octanol–water partition coefficient (Wildman–Crippen LogP) is 0.938. The van der Waals surface area contributed by atoms with Crippen LogP contribution in [0, 0.1) is 5.92 Å². The molecule has 3 nitrogen and oxygen atoms in total. The Morgan fingerprint density at radius 3 is 2.31 bits per heavy atom. The SMILES string of the molecule is COCCN(CC(C)C)C(C)CN. The van der Waals surface area contributed by atoms with E-state index in [0.29, 0.717) is 12.0 Å². The Morgan fingerprint density at radius 2 is 1.92 bits per heavy atom. The van der Waals surface area contributed by atoms with Crippen LogP contribution in [-0.2, 0) is 4.74 Å². The van der Waals surface area contributed by atoms with Gasteiger partial charge in [0.1, 0.15) is 0 Å². The van der Waals surface area contributed by atoms with Gasteiger partial charge in [-0.3, -0.25) is 4.90 Å². The highest BCUT2D eigenvalue weighted by atomic mass is 16.5. The average molecular weight is 188 g/mol. The molecule has 13 heavy (non-hydrogen) atoms. The lowest BCUT2D eigenvalue weighted by Crippen LogP contribution is -2.42. The van der Waals surface area contributed by atoms with E-state index >= 15 is 0 Å². The summed E-state index contributed by atoms with van der Waals surface area (Å²) in [5.41, 5.74) is 5.64. The van der Waals surface area contributed by atoms with Crippen molar-refractivity contribution in [3.8, 4) is 0 Å². The van der Waals surface area contributed by atoms with E-state index in [0.717, 1.165) is 26.2 Å². The summed E-state index contributed by atoms with van der Waals surface area (Å²) in [5, 5.41) is 0. The van der Waals surface area contributed by atoms with Crippen LogP contribution in [0.25, 0.3) is 0 Å². The molecule has 0 radical (unpaired) electrons. The number of methoxy groups -OCH3 is 1. The fraction of sp³-hybridized carbons (Fsp3) is 1.00. The molecule has 0 saturated carbocycles. The van der Waals surface area contributed by atoms with Crippen molar-refractivity contribution in [2.24, 2.45) is 11.7 Å². The summed E-state index contributed by atoms with van der Waals surface area (Å²) in [6, 6.07) is 0.456. The molecule has 0 rings (SSSR count). The van der Waals surface area contributed by atoms with Crippen molar-refractivity contribution in [2.45, 2.75) is 26.8 Å². The topological polar surface area (TPSA) is 38.5 Å². The van der Waals surface area contributed by atoms with Crippen molar-refractivity contribution < 1.29 is 4.74 Å². The molecule has 0 saturated heterocycles. The van der Waals surface area contributed by atoms with Crippen LogP contribution in [-0.4, -0.2) is 44.3 Å². The third-order valence-corrected chi connectivity index (χ3v) is 2.15. The molecule has 0 aliphatic rings. The zero-order valence-corrected chi connectivity index (χ0v) is 9.42. The van der Waals surface area contributed by atoms with Crippen LogP contribution in [0.15, 0.2) is 0 Å². The lowest BCUT2D eigenvalue weighted by molar-refractivity contribution is 0.117. The molecular formula is C10H24N2O. The summed E-state index contributed by atoms with van der Waals surface area (Å²) in [4.78, 5) is 2.38. The van der Waals surface area contributed by atoms with E-state index in [2.05, 4.69) is 25.7 Å². The Hall–Kier alpha value is -0.120. The molecule has 0 spiro atoms. The lowest BCUT2D eigenvalue weighted by atomic mass is 10.1. The highest BCUT2D eigenvalue weighted by molar-refractivity contribution is 4.68. The first-order valence-electron chi connectivity index (χ1n) is 5.04. The van der Waals surface area contributed by atoms with Gasteiger partial charge in [0.2, 0.25) is 0 Å². The molecule has 3 heteroatoms. The van der Waals surface area contributed by atoms with Gasteiger partial charge in [-0.2, -0.15) is 0 Å². The van der Waals surface area contributed by atoms with Crippen LogP contribution in [0.1, 0.15) is 20.8 Å². The number of rotatable bonds is 7. The maximum Gasteiger partial charge on any atom is 0.0589 e. The molecule has 0 heterocycles. The summed E-state index contributed by atoms with van der Waals surface area (Å²) >= 11 is 0. The summed E-state index contributed by atoms with van der Waals surface area (Å²) in [5.74, 6) is 0.686. The molecule has 1 atom stereocenters. The van der Waals surface area contributed by atoms with Gasteiger partial charge < -0.3 is 10.5 Å². The van der Waals surface area contributed by atoms with E-state index in [1.165, 1.54) is 0 Å². The summed E-state index contributed by atoms with van der Waals surface area (Å²) in [6.45, 7) is 10.2. The molecule has 80 valence electrons. The van der Waals surface area contributed by atoms with E-state index in [4.69, 9.17) is 10.5 Å². The molecule has 0 aromatic rings. The van der Waals surface area contributed by atoms with Gasteiger partial charge in [-0.1, -0.05) is 13.8 Å². The summed E-state index contributed by atoms with van der Waals surface area (Å²) in [6.07, 6.45) is 0. The van der Waals surface area contributed by atoms with E-state index < -0.39 is 0 Å². The van der Waals surface area contributed by atoms with Gasteiger partial charge in [0.05, 0.1) is 6.61 Å². The Labute approximate surface area is 82.2 Å². The van der Waals surface area contributed by atoms with Gasteiger partial charge in [-0.05, 0) is 12.8 Å². The minimum absolute atomic E-state index is 0.456. The first-order chi connectivity index (χ1) is 6.11. The van der Waals surface area contributed by atoms with Crippen LogP contribution in [0.4, 0.5) is 0 Å². The summed E-state index contributed by atoms with van der Waals surface area (Å²) in [7, 11) is 1.74. The normalized spacial score (nSPS) is 14.1. The molecule has 0 aromatic heterocycles. The predicted molar refractivity (Wildman–Crippen MR) is 56.8 cm³/mol. The van der Waals surface area contributed by atoms with E-state index in [1.54, 1.807) is 7.11 Å². The Morgan fingerprint density at radius 1 is 1.31 bits per heavy atom. The molecule has 0 bridgehead atoms. The Balaban J connectivity index is 3.87. The third-order valence-electron chi connectivity index (χ3n) is 2.15. The number of nitrogens with two attached hydrogens (primary N) is 1. The zero-order valence-electron chi connectivity index (χ0n) is 9.42. The maximum atomic E-state index is 5.64. The van der Waals surface area contributed by atoms with Crippen LogP contribution < -0.4 is 5.73 Å². The van der Waals surface area contributed by atoms with Crippen LogP contribution in [0.5, 0.6) is 0 Å². The van der Waals surface area contributed by atoms with Crippen LogP contribution in [0.2, 0.25) is 0 Å². The second-order valence-corrected chi connectivity index (χ2v) is 3.97. The van der Waals surface area contributed by atoms with Gasteiger partial charge in [-0.25, -0.2) is 0 Å². The first-order valence-corrected chi connectivity index (χ1v) is 5.04. The van der Waals surface area contributed by atoms with E-state index in [9.17, 15) is 0 Å². The number of hydrogen-bond donors (Lipinski definition) is 1. The van der Waals surface area contributed by atoms with E-state index in [-0.39, 0.29) is 0 Å². The van der Waals surface area contributed by atoms with Gasteiger partial charge >= 0.3 is 0 Å². The minimum atomic E-state index is 0.456. The molecule has 0 aliphatic heterocycles. The van der Waals surface area contributed by atoms with Crippen molar-refractivity contribution in [1.29, 1.82) is 0 Å². The monoisotopic (exact) mass is 188 g/mol. The Bertz CT molecular complexity index is 117. The fourth-order valence-corrected chi connectivity index (χ4v) is 1.32. The smallest absolute Gasteiger partial charge is 0.0589 e. The number of hydrogen-bond acceptors (Lipinski definition) is 3. The molecule has 0 amide bonds. The fourth-order valence-electron chi connectivity index (χ4n) is 1.32. The van der Waals surface area contributed by atoms with Crippen molar-refractivity contribution in [3.63, 3.8) is 0 Å². The van der Waals surface area contributed by atoms with Crippen molar-refractivity contribution >= 4 is 0 Å². The van der Waals surface area contributed by atoms with Gasteiger partial charge in [0.15, 0.2) is 0 Å². The molecule has 0 aliphatic carbocycles. The average Bonchev–Trinajstić information content (AvgIpc) is 2.10. The molecule has 1 unspecified atom stereocenters. The Kier molecular flexibility index (Phi) is 7.23. The second kappa shape index (κ2) is 7.30. The van der Waals surface area contributed by atoms with Gasteiger partial charge in [0.25, 0.3) is 0 Å². The minimum Gasteiger partial charge on any atom is -0.383 e. The van der Waals surface area contributed by atoms with Crippen LogP contribution >= 0.6 is 0 Å². The third kappa shape index (κ3) is 6.02. The van der Waals surface area contributed by atoms with E-state index in [1.807, 2.05) is 0 Å². The standard InChI is InChI=1S/C10H24N2O/c1-9(2)8-12(5-6-13-4)10(3)7-11/h9-10H,5-8,11H2,1-4H3. The van der Waals surface area contributed by atoms with Crippen molar-refractivity contribution in [2.75, 3.05) is 33.4 Å². The van der Waals surface area contributed by atoms with Crippen molar-refractivity contribution in [3.05, 3.63) is 0 Å². The number of nitrogens with zero attached hydrogens (tertiary/aromatic N) is 1. The number of ether oxygens (including phenoxy) is 1. The molecule has 2 N–H and O–H groups in total.